The number of carbonyl (C=O) groups excluding carboxylic acids is 2. The van der Waals surface area contributed by atoms with Crippen molar-refractivity contribution in [2.75, 3.05) is 13.2 Å². The van der Waals surface area contributed by atoms with Gasteiger partial charge in [0, 0.05) is 6.92 Å². The molecule has 1 aliphatic heterocycles. The molecule has 0 aliphatic carbocycles. The fourth-order valence-corrected chi connectivity index (χ4v) is 1.26. The van der Waals surface area contributed by atoms with Crippen LogP contribution in [0.1, 0.15) is 13.8 Å². The van der Waals surface area contributed by atoms with Gasteiger partial charge in [-0.05, 0) is 13.0 Å². The topological polar surface area (TPSA) is 61.8 Å². The molecule has 84 valence electrons. The van der Waals surface area contributed by atoms with E-state index < -0.39 is 24.1 Å². The monoisotopic (exact) mass is 214 g/mol. The van der Waals surface area contributed by atoms with Gasteiger partial charge in [-0.25, -0.2) is 4.79 Å². The summed E-state index contributed by atoms with van der Waals surface area (Å²) in [7, 11) is 0. The Morgan fingerprint density at radius 1 is 1.53 bits per heavy atom. The second kappa shape index (κ2) is 5.50. The van der Waals surface area contributed by atoms with Gasteiger partial charge < -0.3 is 14.2 Å². The van der Waals surface area contributed by atoms with Crippen LogP contribution in [-0.2, 0) is 23.8 Å². The zero-order valence-corrected chi connectivity index (χ0v) is 8.76. The SMILES string of the molecule is CCOC(=O)[C@@H]1OCC=C[C@H]1OC(C)=O. The molecular weight excluding hydrogens is 200 g/mol. The average molecular weight is 214 g/mol. The lowest BCUT2D eigenvalue weighted by molar-refractivity contribution is -0.169. The van der Waals surface area contributed by atoms with Crippen molar-refractivity contribution in [3.63, 3.8) is 0 Å². The highest BCUT2D eigenvalue weighted by atomic mass is 16.6. The minimum atomic E-state index is -0.848. The summed E-state index contributed by atoms with van der Waals surface area (Å²) in [5.74, 6) is -0.961. The van der Waals surface area contributed by atoms with Crippen LogP contribution in [0.25, 0.3) is 0 Å². The standard InChI is InChI=1S/C10H14O5/c1-3-13-10(12)9-8(15-7(2)11)5-4-6-14-9/h4-5,8-9H,3,6H2,1-2H3/t8-,9-/m1/s1. The highest BCUT2D eigenvalue weighted by Gasteiger charge is 2.32. The lowest BCUT2D eigenvalue weighted by Gasteiger charge is -2.25. The zero-order valence-electron chi connectivity index (χ0n) is 8.76. The molecule has 1 heterocycles. The van der Waals surface area contributed by atoms with E-state index in [1.54, 1.807) is 19.1 Å². The van der Waals surface area contributed by atoms with Gasteiger partial charge in [0.2, 0.25) is 0 Å². The van der Waals surface area contributed by atoms with Crippen LogP contribution in [0.2, 0.25) is 0 Å². The van der Waals surface area contributed by atoms with Crippen LogP contribution in [-0.4, -0.2) is 37.4 Å². The maximum atomic E-state index is 11.4. The first-order valence-electron chi connectivity index (χ1n) is 4.77. The van der Waals surface area contributed by atoms with Gasteiger partial charge in [-0.15, -0.1) is 0 Å². The molecule has 1 aliphatic rings. The second-order valence-corrected chi connectivity index (χ2v) is 3.01. The third kappa shape index (κ3) is 3.36. The molecule has 0 radical (unpaired) electrons. The predicted molar refractivity (Wildman–Crippen MR) is 51.1 cm³/mol. The molecule has 5 nitrogen and oxygen atoms in total. The molecule has 0 amide bonds. The largest absolute Gasteiger partial charge is 0.464 e. The Kier molecular flexibility index (Phi) is 4.30. The van der Waals surface area contributed by atoms with E-state index >= 15 is 0 Å². The third-order valence-electron chi connectivity index (χ3n) is 1.82. The van der Waals surface area contributed by atoms with Crippen LogP contribution in [0, 0.1) is 0 Å². The van der Waals surface area contributed by atoms with Crippen molar-refractivity contribution in [1.29, 1.82) is 0 Å². The van der Waals surface area contributed by atoms with Crippen LogP contribution in [0.5, 0.6) is 0 Å². The fourth-order valence-electron chi connectivity index (χ4n) is 1.26. The molecule has 0 spiro atoms. The summed E-state index contributed by atoms with van der Waals surface area (Å²) in [6.45, 7) is 3.58. The van der Waals surface area contributed by atoms with Gasteiger partial charge in [-0.2, -0.15) is 0 Å². The van der Waals surface area contributed by atoms with E-state index in [1.807, 2.05) is 0 Å². The van der Waals surface area contributed by atoms with Crippen LogP contribution in [0.3, 0.4) is 0 Å². The van der Waals surface area contributed by atoms with Crippen molar-refractivity contribution in [2.24, 2.45) is 0 Å². The number of hydrogen-bond donors (Lipinski definition) is 0. The van der Waals surface area contributed by atoms with Gasteiger partial charge in [0.05, 0.1) is 13.2 Å². The highest BCUT2D eigenvalue weighted by Crippen LogP contribution is 2.13. The van der Waals surface area contributed by atoms with E-state index in [0.717, 1.165) is 0 Å². The summed E-state index contributed by atoms with van der Waals surface area (Å²) in [6.07, 6.45) is 1.80. The fraction of sp³-hybridized carbons (Fsp3) is 0.600. The smallest absolute Gasteiger partial charge is 0.339 e. The average Bonchev–Trinajstić information content (AvgIpc) is 2.18. The van der Waals surface area contributed by atoms with E-state index in [1.165, 1.54) is 6.92 Å². The summed E-state index contributed by atoms with van der Waals surface area (Å²) >= 11 is 0. The maximum absolute atomic E-state index is 11.4. The molecule has 0 fully saturated rings. The Morgan fingerprint density at radius 3 is 2.87 bits per heavy atom. The molecule has 0 aromatic carbocycles. The van der Waals surface area contributed by atoms with Crippen molar-refractivity contribution < 1.29 is 23.8 Å². The summed E-state index contributed by atoms with van der Waals surface area (Å²) in [5, 5.41) is 0. The Hall–Kier alpha value is -1.36. The van der Waals surface area contributed by atoms with E-state index in [4.69, 9.17) is 14.2 Å². The molecular formula is C10H14O5. The third-order valence-corrected chi connectivity index (χ3v) is 1.82. The molecule has 0 aromatic rings. The predicted octanol–water partition coefficient (Wildman–Crippen LogP) is 0.436. The van der Waals surface area contributed by atoms with Crippen molar-refractivity contribution >= 4 is 11.9 Å². The minimum Gasteiger partial charge on any atom is -0.464 e. The maximum Gasteiger partial charge on any atom is 0.339 e. The second-order valence-electron chi connectivity index (χ2n) is 3.01. The van der Waals surface area contributed by atoms with Crippen LogP contribution >= 0.6 is 0 Å². The molecule has 0 saturated carbocycles. The molecule has 15 heavy (non-hydrogen) atoms. The first kappa shape index (κ1) is 11.7. The molecule has 0 bridgehead atoms. The number of esters is 2. The molecule has 2 atom stereocenters. The summed E-state index contributed by atoms with van der Waals surface area (Å²) < 4.78 is 14.9. The normalized spacial score (nSPS) is 24.7. The van der Waals surface area contributed by atoms with Gasteiger partial charge in [-0.3, -0.25) is 4.79 Å². The van der Waals surface area contributed by atoms with Crippen LogP contribution in [0.4, 0.5) is 0 Å². The molecule has 0 saturated heterocycles. The first-order valence-corrected chi connectivity index (χ1v) is 4.77. The summed E-state index contributed by atoms with van der Waals surface area (Å²) in [6, 6.07) is 0. The number of ether oxygens (including phenoxy) is 3. The van der Waals surface area contributed by atoms with E-state index in [-0.39, 0.29) is 6.61 Å². The Labute approximate surface area is 88.0 Å². The highest BCUT2D eigenvalue weighted by molar-refractivity contribution is 5.77. The number of carbonyl (C=O) groups is 2. The van der Waals surface area contributed by atoms with Gasteiger partial charge in [0.1, 0.15) is 0 Å². The van der Waals surface area contributed by atoms with Gasteiger partial charge >= 0.3 is 11.9 Å². The quantitative estimate of drug-likeness (QED) is 0.503. The minimum absolute atomic E-state index is 0.273. The zero-order chi connectivity index (χ0) is 11.3. The molecule has 1 rings (SSSR count). The van der Waals surface area contributed by atoms with Gasteiger partial charge in [0.15, 0.2) is 12.2 Å². The van der Waals surface area contributed by atoms with Gasteiger partial charge in [-0.1, -0.05) is 6.08 Å². The lowest BCUT2D eigenvalue weighted by Crippen LogP contribution is -2.41. The Bertz CT molecular complexity index is 271. The first-order chi connectivity index (χ1) is 7.15. The summed E-state index contributed by atoms with van der Waals surface area (Å²) in [4.78, 5) is 22.2. The number of hydrogen-bond acceptors (Lipinski definition) is 5. The molecule has 5 heteroatoms. The van der Waals surface area contributed by atoms with Crippen molar-refractivity contribution in [3.05, 3.63) is 12.2 Å². The van der Waals surface area contributed by atoms with Crippen molar-refractivity contribution in [1.82, 2.24) is 0 Å². The molecule has 0 aromatic heterocycles. The number of rotatable bonds is 3. The van der Waals surface area contributed by atoms with Gasteiger partial charge in [0.25, 0.3) is 0 Å². The molecule has 0 N–H and O–H groups in total. The molecule has 0 unspecified atom stereocenters. The van der Waals surface area contributed by atoms with Crippen molar-refractivity contribution in [2.45, 2.75) is 26.1 Å². The summed E-state index contributed by atoms with van der Waals surface area (Å²) in [5.41, 5.74) is 0. The van der Waals surface area contributed by atoms with Crippen LogP contribution in [0.15, 0.2) is 12.2 Å². The van der Waals surface area contributed by atoms with E-state index in [0.29, 0.717) is 6.61 Å². The Morgan fingerprint density at radius 2 is 2.27 bits per heavy atom. The van der Waals surface area contributed by atoms with Crippen molar-refractivity contribution in [3.8, 4) is 0 Å². The van der Waals surface area contributed by atoms with Crippen LogP contribution < -0.4 is 0 Å². The van der Waals surface area contributed by atoms with E-state index in [9.17, 15) is 9.59 Å². The lowest BCUT2D eigenvalue weighted by atomic mass is 10.1. The Balaban J connectivity index is 2.63. The van der Waals surface area contributed by atoms with E-state index in [2.05, 4.69) is 0 Å².